The lowest BCUT2D eigenvalue weighted by Gasteiger charge is -2.45. The zero-order valence-corrected chi connectivity index (χ0v) is 27.4. The van der Waals surface area contributed by atoms with Crippen LogP contribution in [0.4, 0.5) is 0 Å². The zero-order valence-electron chi connectivity index (χ0n) is 23.2. The van der Waals surface area contributed by atoms with E-state index in [0.717, 1.165) is 19.4 Å². The topological polar surface area (TPSA) is 18.5 Å². The highest BCUT2D eigenvalue weighted by Gasteiger charge is 2.51. The van der Waals surface area contributed by atoms with Crippen LogP contribution < -0.4 is 10.4 Å². The Balaban J connectivity index is 1.92. The molecule has 2 nitrogen and oxygen atoms in total. The number of hydrogen-bond acceptors (Lipinski definition) is 2. The second-order valence-corrected chi connectivity index (χ2v) is 23.1. The van der Waals surface area contributed by atoms with Gasteiger partial charge < -0.3 is 8.85 Å². The van der Waals surface area contributed by atoms with Gasteiger partial charge in [0.25, 0.3) is 8.32 Å². The first kappa shape index (κ1) is 28.8. The number of halogens is 1. The first-order valence-corrected chi connectivity index (χ1v) is 18.8. The van der Waals surface area contributed by atoms with Gasteiger partial charge in [0.1, 0.15) is 0 Å². The van der Waals surface area contributed by atoms with Gasteiger partial charge in [-0.1, -0.05) is 115 Å². The minimum atomic E-state index is -2.53. The molecule has 0 aliphatic heterocycles. The van der Waals surface area contributed by atoms with E-state index in [9.17, 15) is 0 Å². The van der Waals surface area contributed by atoms with Crippen molar-refractivity contribution in [3.8, 4) is 0 Å². The molecular weight excluding hydrogens is 575 g/mol. The summed E-state index contributed by atoms with van der Waals surface area (Å²) in [6.45, 7) is 21.9. The van der Waals surface area contributed by atoms with Gasteiger partial charge in [-0.05, 0) is 72.6 Å². The molecule has 3 rings (SSSR count). The molecule has 0 amide bonds. The second-order valence-electron chi connectivity index (χ2n) is 12.8. The van der Waals surface area contributed by atoms with Gasteiger partial charge in [0, 0.05) is 12.0 Å². The lowest BCUT2D eigenvalue weighted by molar-refractivity contribution is 0.0746. The Morgan fingerprint density at radius 2 is 1.34 bits per heavy atom. The maximum Gasteiger partial charge on any atom is 0.261 e. The SMILES string of the molecule is CC(C)(C)[Si](C)(C)O[C@H]1CC=C(I)[C@@]1(C)CCO[Si](c1ccccc1)(c1ccccc1)C(C)(C)C. The van der Waals surface area contributed by atoms with Crippen LogP contribution in [-0.2, 0) is 8.85 Å². The highest BCUT2D eigenvalue weighted by atomic mass is 127. The minimum absolute atomic E-state index is 0.00762. The zero-order chi connectivity index (χ0) is 26.1. The molecule has 0 bridgehead atoms. The molecule has 0 N–H and O–H groups in total. The summed E-state index contributed by atoms with van der Waals surface area (Å²) >= 11 is 2.55. The third kappa shape index (κ3) is 5.74. The smallest absolute Gasteiger partial charge is 0.261 e. The quantitative estimate of drug-likeness (QED) is 0.220. The van der Waals surface area contributed by atoms with Gasteiger partial charge in [0.2, 0.25) is 0 Å². The van der Waals surface area contributed by atoms with Crippen molar-refractivity contribution < 1.29 is 8.85 Å². The van der Waals surface area contributed by atoms with Gasteiger partial charge in [-0.15, -0.1) is 0 Å². The highest BCUT2D eigenvalue weighted by Crippen LogP contribution is 2.50. The third-order valence-electron chi connectivity index (χ3n) is 8.37. The lowest BCUT2D eigenvalue weighted by atomic mass is 9.84. The van der Waals surface area contributed by atoms with Crippen molar-refractivity contribution in [2.75, 3.05) is 6.61 Å². The average molecular weight is 621 g/mol. The standard InChI is InChI=1S/C30H45IO2Si2/c1-28(2,3)34(8,9)33-27-21-20-26(31)30(27,7)22-23-32-35(29(4,5)6,24-16-12-10-13-17-24)25-18-14-11-15-19-25/h10-20,27H,21-23H2,1-9H3/t27-,30+/m0/s1. The molecule has 2 aromatic rings. The Bertz CT molecular complexity index is 967. The largest absolute Gasteiger partial charge is 0.413 e. The molecule has 5 heteroatoms. The molecule has 0 heterocycles. The van der Waals surface area contributed by atoms with E-state index in [1.807, 2.05) is 0 Å². The van der Waals surface area contributed by atoms with Crippen molar-refractivity contribution in [2.24, 2.45) is 5.41 Å². The van der Waals surface area contributed by atoms with E-state index >= 15 is 0 Å². The van der Waals surface area contributed by atoms with Crippen LogP contribution in [0.2, 0.25) is 23.2 Å². The van der Waals surface area contributed by atoms with Crippen LogP contribution in [0, 0.1) is 5.41 Å². The summed E-state index contributed by atoms with van der Waals surface area (Å²) in [7, 11) is -4.40. The average Bonchev–Trinajstić information content (AvgIpc) is 3.04. The van der Waals surface area contributed by atoms with Crippen molar-refractivity contribution >= 4 is 49.6 Å². The first-order valence-electron chi connectivity index (χ1n) is 12.9. The Morgan fingerprint density at radius 1 is 0.857 bits per heavy atom. The van der Waals surface area contributed by atoms with Gasteiger partial charge in [-0.25, -0.2) is 0 Å². The van der Waals surface area contributed by atoms with Crippen molar-refractivity contribution in [2.45, 2.75) is 90.6 Å². The van der Waals surface area contributed by atoms with Crippen LogP contribution in [-0.4, -0.2) is 29.3 Å². The Kier molecular flexibility index (Phi) is 8.70. The van der Waals surface area contributed by atoms with E-state index in [2.05, 4.69) is 151 Å². The molecule has 0 radical (unpaired) electrons. The summed E-state index contributed by atoms with van der Waals surface area (Å²) in [5, 5.41) is 2.88. The van der Waals surface area contributed by atoms with Crippen LogP contribution in [0.1, 0.15) is 61.3 Å². The predicted molar refractivity (Wildman–Crippen MR) is 165 cm³/mol. The lowest BCUT2D eigenvalue weighted by Crippen LogP contribution is -2.66. The number of rotatable bonds is 8. The Hall–Kier alpha value is -0.736. The first-order chi connectivity index (χ1) is 16.2. The van der Waals surface area contributed by atoms with Gasteiger partial charge in [0.05, 0.1) is 6.10 Å². The van der Waals surface area contributed by atoms with E-state index in [1.165, 1.54) is 14.0 Å². The van der Waals surface area contributed by atoms with Crippen molar-refractivity contribution in [3.05, 3.63) is 70.3 Å². The third-order valence-corrected chi connectivity index (χ3v) is 19.6. The van der Waals surface area contributed by atoms with Gasteiger partial charge in [-0.2, -0.15) is 0 Å². The molecule has 0 saturated heterocycles. The van der Waals surface area contributed by atoms with E-state index in [-0.39, 0.29) is 21.6 Å². The number of benzene rings is 2. The van der Waals surface area contributed by atoms with Gasteiger partial charge >= 0.3 is 0 Å². The van der Waals surface area contributed by atoms with Crippen molar-refractivity contribution in [1.82, 2.24) is 0 Å². The molecule has 192 valence electrons. The van der Waals surface area contributed by atoms with Crippen LogP contribution >= 0.6 is 22.6 Å². The minimum Gasteiger partial charge on any atom is -0.413 e. The molecule has 0 aromatic heterocycles. The fourth-order valence-corrected chi connectivity index (χ4v) is 11.9. The molecule has 0 spiro atoms. The fourth-order valence-electron chi connectivity index (χ4n) is 5.03. The monoisotopic (exact) mass is 620 g/mol. The molecule has 0 unspecified atom stereocenters. The van der Waals surface area contributed by atoms with Gasteiger partial charge in [-0.3, -0.25) is 0 Å². The molecule has 2 atom stereocenters. The van der Waals surface area contributed by atoms with E-state index in [4.69, 9.17) is 8.85 Å². The normalized spacial score (nSPS) is 21.8. The maximum atomic E-state index is 7.25. The van der Waals surface area contributed by atoms with E-state index < -0.39 is 16.6 Å². The number of hydrogen-bond donors (Lipinski definition) is 0. The molecular formula is C30H45IO2Si2. The van der Waals surface area contributed by atoms with Crippen molar-refractivity contribution in [3.63, 3.8) is 0 Å². The highest BCUT2D eigenvalue weighted by molar-refractivity contribution is 14.1. The summed E-state index contributed by atoms with van der Waals surface area (Å²) in [6.07, 6.45) is 4.57. The predicted octanol–water partition coefficient (Wildman–Crippen LogP) is 8.07. The summed E-state index contributed by atoms with van der Waals surface area (Å²) < 4.78 is 15.7. The van der Waals surface area contributed by atoms with E-state index in [1.54, 1.807) is 0 Å². The molecule has 35 heavy (non-hydrogen) atoms. The molecule has 1 aliphatic rings. The summed E-state index contributed by atoms with van der Waals surface area (Å²) in [5.74, 6) is 0. The van der Waals surface area contributed by atoms with Crippen molar-refractivity contribution in [1.29, 1.82) is 0 Å². The summed E-state index contributed by atoms with van der Waals surface area (Å²) in [4.78, 5) is 0. The molecule has 0 fully saturated rings. The molecule has 1 aliphatic carbocycles. The van der Waals surface area contributed by atoms with Crippen LogP contribution in [0.5, 0.6) is 0 Å². The van der Waals surface area contributed by atoms with Gasteiger partial charge in [0.15, 0.2) is 8.32 Å². The Morgan fingerprint density at radius 3 is 1.77 bits per heavy atom. The molecule has 0 saturated carbocycles. The van der Waals surface area contributed by atoms with Crippen LogP contribution in [0.25, 0.3) is 0 Å². The summed E-state index contributed by atoms with van der Waals surface area (Å²) in [6, 6.07) is 21.9. The summed E-state index contributed by atoms with van der Waals surface area (Å²) in [5.41, 5.74) is -0.0124. The van der Waals surface area contributed by atoms with Crippen LogP contribution in [0.3, 0.4) is 0 Å². The van der Waals surface area contributed by atoms with Crippen LogP contribution in [0.15, 0.2) is 70.3 Å². The maximum absolute atomic E-state index is 7.25. The van der Waals surface area contributed by atoms with E-state index in [0.29, 0.717) is 0 Å². The fraction of sp³-hybridized carbons (Fsp3) is 0.533. The molecule has 2 aromatic carbocycles. The Labute approximate surface area is 230 Å². The second kappa shape index (κ2) is 10.6.